The summed E-state index contributed by atoms with van der Waals surface area (Å²) < 4.78 is 10.9. The first-order valence-electron chi connectivity index (χ1n) is 8.07. The summed E-state index contributed by atoms with van der Waals surface area (Å²) in [6, 6.07) is 0.471. The Bertz CT molecular complexity index is 361. The molecule has 2 rings (SSSR count). The quantitative estimate of drug-likeness (QED) is 0.869. The predicted molar refractivity (Wildman–Crippen MR) is 82.4 cm³/mol. The van der Waals surface area contributed by atoms with E-state index < -0.39 is 5.60 Å². The van der Waals surface area contributed by atoms with Crippen LogP contribution in [0.2, 0.25) is 0 Å². The molecule has 0 bridgehead atoms. The van der Waals surface area contributed by atoms with Gasteiger partial charge >= 0.3 is 6.09 Å². The first-order valence-corrected chi connectivity index (χ1v) is 8.07. The molecular weight excluding hydrogens is 268 g/mol. The van der Waals surface area contributed by atoms with Gasteiger partial charge in [-0.3, -0.25) is 0 Å². The van der Waals surface area contributed by atoms with Gasteiger partial charge in [-0.25, -0.2) is 4.79 Å². The van der Waals surface area contributed by atoms with E-state index in [1.165, 1.54) is 0 Å². The van der Waals surface area contributed by atoms with Crippen LogP contribution in [0.15, 0.2) is 0 Å². The van der Waals surface area contributed by atoms with Gasteiger partial charge in [-0.1, -0.05) is 6.92 Å². The van der Waals surface area contributed by atoms with Crippen LogP contribution in [0, 0.1) is 5.41 Å². The number of piperidine rings is 1. The van der Waals surface area contributed by atoms with Crippen LogP contribution >= 0.6 is 0 Å². The van der Waals surface area contributed by atoms with Crippen LogP contribution in [0.3, 0.4) is 0 Å². The monoisotopic (exact) mass is 298 g/mol. The lowest BCUT2D eigenvalue weighted by Crippen LogP contribution is -2.51. The second-order valence-electron chi connectivity index (χ2n) is 7.76. The van der Waals surface area contributed by atoms with Gasteiger partial charge < -0.3 is 19.7 Å². The van der Waals surface area contributed by atoms with Crippen LogP contribution < -0.4 is 5.32 Å². The standard InChI is InChI=1S/C16H30N2O3/c1-15(2,3)21-14(19)18-8-5-7-16(4,12-18)11-17-13-6-9-20-10-13/h13,17H,5-12H2,1-4H3. The Morgan fingerprint density at radius 3 is 2.86 bits per heavy atom. The summed E-state index contributed by atoms with van der Waals surface area (Å²) in [6.07, 6.45) is 3.09. The van der Waals surface area contributed by atoms with Crippen molar-refractivity contribution in [1.29, 1.82) is 0 Å². The van der Waals surface area contributed by atoms with Gasteiger partial charge in [0, 0.05) is 32.3 Å². The van der Waals surface area contributed by atoms with Gasteiger partial charge in [0.15, 0.2) is 0 Å². The highest BCUT2D eigenvalue weighted by Crippen LogP contribution is 2.30. The largest absolute Gasteiger partial charge is 0.444 e. The topological polar surface area (TPSA) is 50.8 Å². The number of carbonyl (C=O) groups is 1. The third kappa shape index (κ3) is 5.15. The molecule has 0 aromatic rings. The lowest BCUT2D eigenvalue weighted by atomic mass is 9.81. The minimum atomic E-state index is -0.426. The van der Waals surface area contributed by atoms with E-state index in [1.54, 1.807) is 0 Å². The van der Waals surface area contributed by atoms with Gasteiger partial charge in [-0.2, -0.15) is 0 Å². The Balaban J connectivity index is 1.84. The normalized spacial score (nSPS) is 30.5. The minimum absolute atomic E-state index is 0.123. The highest BCUT2D eigenvalue weighted by molar-refractivity contribution is 5.68. The highest BCUT2D eigenvalue weighted by atomic mass is 16.6. The zero-order valence-electron chi connectivity index (χ0n) is 13.9. The Hall–Kier alpha value is -0.810. The molecule has 122 valence electrons. The van der Waals surface area contributed by atoms with Crippen molar-refractivity contribution in [2.45, 2.75) is 58.6 Å². The average Bonchev–Trinajstić information content (AvgIpc) is 2.88. The third-order valence-corrected chi connectivity index (χ3v) is 4.18. The van der Waals surface area contributed by atoms with Crippen molar-refractivity contribution in [1.82, 2.24) is 10.2 Å². The minimum Gasteiger partial charge on any atom is -0.444 e. The lowest BCUT2D eigenvalue weighted by molar-refractivity contribution is 0.00642. The molecule has 1 N–H and O–H groups in total. The van der Waals surface area contributed by atoms with E-state index in [4.69, 9.17) is 9.47 Å². The number of likely N-dealkylation sites (tertiary alicyclic amines) is 1. The fourth-order valence-electron chi connectivity index (χ4n) is 3.03. The zero-order chi connectivity index (χ0) is 15.5. The van der Waals surface area contributed by atoms with E-state index in [0.29, 0.717) is 6.04 Å². The first kappa shape index (κ1) is 16.6. The lowest BCUT2D eigenvalue weighted by Gasteiger charge is -2.41. The van der Waals surface area contributed by atoms with Crippen molar-refractivity contribution in [3.8, 4) is 0 Å². The number of rotatable bonds is 3. The number of amides is 1. The maximum atomic E-state index is 12.2. The summed E-state index contributed by atoms with van der Waals surface area (Å²) in [6.45, 7) is 12.2. The van der Waals surface area contributed by atoms with Crippen LogP contribution in [-0.2, 0) is 9.47 Å². The Morgan fingerprint density at radius 1 is 1.48 bits per heavy atom. The van der Waals surface area contributed by atoms with Crippen LogP contribution in [0.25, 0.3) is 0 Å². The SMILES string of the molecule is CC1(CNC2CCOC2)CCCN(C(=O)OC(C)(C)C)C1. The van der Waals surface area contributed by atoms with Gasteiger partial charge in [0.2, 0.25) is 0 Å². The molecule has 0 spiro atoms. The molecule has 2 fully saturated rings. The molecule has 0 aliphatic carbocycles. The molecule has 2 atom stereocenters. The smallest absolute Gasteiger partial charge is 0.410 e. The van der Waals surface area contributed by atoms with Gasteiger partial charge in [-0.05, 0) is 45.4 Å². The van der Waals surface area contributed by atoms with Gasteiger partial charge in [0.05, 0.1) is 6.61 Å². The van der Waals surface area contributed by atoms with E-state index in [9.17, 15) is 4.79 Å². The van der Waals surface area contributed by atoms with Crippen molar-refractivity contribution in [2.24, 2.45) is 5.41 Å². The highest BCUT2D eigenvalue weighted by Gasteiger charge is 2.35. The molecule has 5 nitrogen and oxygen atoms in total. The van der Waals surface area contributed by atoms with E-state index in [2.05, 4.69) is 12.2 Å². The van der Waals surface area contributed by atoms with Gasteiger partial charge in [0.25, 0.3) is 0 Å². The molecule has 2 aliphatic rings. The summed E-state index contributed by atoms with van der Waals surface area (Å²) in [4.78, 5) is 14.1. The molecule has 0 aromatic heterocycles. The average molecular weight is 298 g/mol. The first-order chi connectivity index (χ1) is 9.77. The number of nitrogens with zero attached hydrogens (tertiary/aromatic N) is 1. The summed E-state index contributed by atoms with van der Waals surface area (Å²) in [5, 5.41) is 3.60. The van der Waals surface area contributed by atoms with E-state index in [1.807, 2.05) is 25.7 Å². The molecule has 2 aliphatic heterocycles. The van der Waals surface area contributed by atoms with E-state index in [-0.39, 0.29) is 11.5 Å². The third-order valence-electron chi connectivity index (χ3n) is 4.18. The summed E-state index contributed by atoms with van der Waals surface area (Å²) >= 11 is 0. The molecule has 0 saturated carbocycles. The Kier molecular flexibility index (Phi) is 5.15. The molecule has 5 heteroatoms. The van der Waals surface area contributed by atoms with Crippen LogP contribution in [0.5, 0.6) is 0 Å². The van der Waals surface area contributed by atoms with E-state index in [0.717, 1.165) is 52.1 Å². The number of hydrogen-bond acceptors (Lipinski definition) is 4. The Morgan fingerprint density at radius 2 is 2.24 bits per heavy atom. The molecule has 21 heavy (non-hydrogen) atoms. The molecule has 2 saturated heterocycles. The van der Waals surface area contributed by atoms with Gasteiger partial charge in [0.1, 0.15) is 5.60 Å². The van der Waals surface area contributed by atoms with Crippen molar-refractivity contribution < 1.29 is 14.3 Å². The van der Waals surface area contributed by atoms with Crippen molar-refractivity contribution >= 4 is 6.09 Å². The van der Waals surface area contributed by atoms with Crippen molar-refractivity contribution in [3.05, 3.63) is 0 Å². The number of carbonyl (C=O) groups excluding carboxylic acids is 1. The molecule has 0 aromatic carbocycles. The molecule has 1 amide bonds. The fourth-order valence-corrected chi connectivity index (χ4v) is 3.03. The maximum absolute atomic E-state index is 12.2. The number of nitrogens with one attached hydrogen (secondary N) is 1. The van der Waals surface area contributed by atoms with Crippen molar-refractivity contribution in [3.63, 3.8) is 0 Å². The van der Waals surface area contributed by atoms with Crippen molar-refractivity contribution in [2.75, 3.05) is 32.8 Å². The number of ether oxygens (including phenoxy) is 2. The fraction of sp³-hybridized carbons (Fsp3) is 0.938. The zero-order valence-corrected chi connectivity index (χ0v) is 13.9. The summed E-state index contributed by atoms with van der Waals surface area (Å²) in [5.41, 5.74) is -0.303. The summed E-state index contributed by atoms with van der Waals surface area (Å²) in [7, 11) is 0. The second kappa shape index (κ2) is 6.53. The molecular formula is C16H30N2O3. The van der Waals surface area contributed by atoms with E-state index >= 15 is 0 Å². The van der Waals surface area contributed by atoms with Gasteiger partial charge in [-0.15, -0.1) is 0 Å². The van der Waals surface area contributed by atoms with Crippen LogP contribution in [0.1, 0.15) is 47.0 Å². The maximum Gasteiger partial charge on any atom is 0.410 e. The Labute approximate surface area is 128 Å². The molecule has 2 unspecified atom stereocenters. The van der Waals surface area contributed by atoms with Crippen LogP contribution in [0.4, 0.5) is 4.79 Å². The number of hydrogen-bond donors (Lipinski definition) is 1. The van der Waals surface area contributed by atoms with Crippen LogP contribution in [-0.4, -0.2) is 55.5 Å². The molecule has 2 heterocycles. The predicted octanol–water partition coefficient (Wildman–Crippen LogP) is 2.40. The molecule has 0 radical (unpaired) electrons. The second-order valence-corrected chi connectivity index (χ2v) is 7.76. The summed E-state index contributed by atoms with van der Waals surface area (Å²) in [5.74, 6) is 0.